The third kappa shape index (κ3) is 2.48. The molecule has 14 heavy (non-hydrogen) atoms. The zero-order chi connectivity index (χ0) is 10.7. The number of aryl methyl sites for hydroxylation is 2. The van der Waals surface area contributed by atoms with Crippen molar-refractivity contribution in [3.63, 3.8) is 0 Å². The van der Waals surface area contributed by atoms with E-state index in [0.717, 1.165) is 16.9 Å². The molecule has 0 spiro atoms. The van der Waals surface area contributed by atoms with Crippen molar-refractivity contribution in [2.24, 2.45) is 5.73 Å². The zero-order valence-corrected chi connectivity index (χ0v) is 9.37. The fraction of sp³-hybridized carbons (Fsp3) is 0.500. The SMILES string of the molecule is Cc1cccc(C)c1OC(C)C(C)N. The van der Waals surface area contributed by atoms with Gasteiger partial charge >= 0.3 is 0 Å². The highest BCUT2D eigenvalue weighted by molar-refractivity contribution is 5.39. The maximum Gasteiger partial charge on any atom is 0.125 e. The minimum Gasteiger partial charge on any atom is -0.489 e. The van der Waals surface area contributed by atoms with Crippen molar-refractivity contribution >= 4 is 0 Å². The number of hydrogen-bond acceptors (Lipinski definition) is 2. The predicted octanol–water partition coefficient (Wildman–Crippen LogP) is 2.42. The van der Waals surface area contributed by atoms with Gasteiger partial charge in [0.05, 0.1) is 0 Å². The summed E-state index contributed by atoms with van der Waals surface area (Å²) in [5.41, 5.74) is 8.09. The van der Waals surface area contributed by atoms with Gasteiger partial charge in [-0.2, -0.15) is 0 Å². The fourth-order valence-corrected chi connectivity index (χ4v) is 1.28. The molecule has 78 valence electrons. The van der Waals surface area contributed by atoms with Crippen molar-refractivity contribution in [2.75, 3.05) is 0 Å². The summed E-state index contributed by atoms with van der Waals surface area (Å²) in [5.74, 6) is 0.970. The van der Waals surface area contributed by atoms with Crippen molar-refractivity contribution < 1.29 is 4.74 Å². The molecule has 0 aliphatic carbocycles. The Balaban J connectivity index is 2.85. The molecule has 2 heteroatoms. The topological polar surface area (TPSA) is 35.2 Å². The van der Waals surface area contributed by atoms with Gasteiger partial charge in [0.15, 0.2) is 0 Å². The molecule has 0 saturated carbocycles. The van der Waals surface area contributed by atoms with Crippen molar-refractivity contribution in [3.05, 3.63) is 29.3 Å². The molecule has 1 rings (SSSR count). The van der Waals surface area contributed by atoms with Crippen LogP contribution in [0.15, 0.2) is 18.2 Å². The molecule has 2 N–H and O–H groups in total. The number of ether oxygens (including phenoxy) is 1. The minimum absolute atomic E-state index is 0.0500. The average Bonchev–Trinajstić information content (AvgIpc) is 2.11. The van der Waals surface area contributed by atoms with E-state index in [0.29, 0.717) is 0 Å². The van der Waals surface area contributed by atoms with Gasteiger partial charge in [0, 0.05) is 6.04 Å². The van der Waals surface area contributed by atoms with Crippen LogP contribution in [0.3, 0.4) is 0 Å². The molecular formula is C12H19NO. The quantitative estimate of drug-likeness (QED) is 0.800. The third-order valence-corrected chi connectivity index (χ3v) is 2.45. The van der Waals surface area contributed by atoms with E-state index in [-0.39, 0.29) is 12.1 Å². The Hall–Kier alpha value is -1.02. The third-order valence-electron chi connectivity index (χ3n) is 2.45. The lowest BCUT2D eigenvalue weighted by Gasteiger charge is -2.20. The summed E-state index contributed by atoms with van der Waals surface area (Å²) in [5, 5.41) is 0. The molecule has 0 aromatic heterocycles. The molecule has 0 fully saturated rings. The first-order chi connectivity index (χ1) is 6.52. The van der Waals surface area contributed by atoms with Crippen molar-refractivity contribution in [1.29, 1.82) is 0 Å². The number of nitrogens with two attached hydrogens (primary N) is 1. The van der Waals surface area contributed by atoms with Gasteiger partial charge in [-0.25, -0.2) is 0 Å². The van der Waals surface area contributed by atoms with Crippen LogP contribution in [-0.2, 0) is 0 Å². The molecule has 0 aliphatic heterocycles. The van der Waals surface area contributed by atoms with Gasteiger partial charge in [0.25, 0.3) is 0 Å². The summed E-state index contributed by atoms with van der Waals surface area (Å²) in [4.78, 5) is 0. The standard InChI is InChI=1S/C12H19NO/c1-8-6-5-7-9(2)12(8)14-11(4)10(3)13/h5-7,10-11H,13H2,1-4H3. The molecule has 2 atom stereocenters. The fourth-order valence-electron chi connectivity index (χ4n) is 1.28. The second-order valence-corrected chi connectivity index (χ2v) is 3.90. The number of para-hydroxylation sites is 1. The Morgan fingerprint density at radius 3 is 2.07 bits per heavy atom. The molecule has 2 nitrogen and oxygen atoms in total. The van der Waals surface area contributed by atoms with Crippen LogP contribution in [0, 0.1) is 13.8 Å². The number of rotatable bonds is 3. The normalized spacial score (nSPS) is 14.9. The van der Waals surface area contributed by atoms with Crippen LogP contribution in [0.25, 0.3) is 0 Å². The van der Waals surface area contributed by atoms with Gasteiger partial charge in [-0.1, -0.05) is 18.2 Å². The van der Waals surface area contributed by atoms with E-state index >= 15 is 0 Å². The van der Waals surface area contributed by atoms with Gasteiger partial charge < -0.3 is 10.5 Å². The largest absolute Gasteiger partial charge is 0.489 e. The molecule has 1 aromatic rings. The first kappa shape index (κ1) is 11.1. The zero-order valence-electron chi connectivity index (χ0n) is 9.37. The van der Waals surface area contributed by atoms with E-state index in [2.05, 4.69) is 26.0 Å². The Labute approximate surface area is 86.1 Å². The van der Waals surface area contributed by atoms with Gasteiger partial charge in [0.1, 0.15) is 11.9 Å². The number of hydrogen-bond donors (Lipinski definition) is 1. The summed E-state index contributed by atoms with van der Waals surface area (Å²) in [6, 6.07) is 6.19. The van der Waals surface area contributed by atoms with Crippen LogP contribution >= 0.6 is 0 Å². The van der Waals surface area contributed by atoms with Crippen molar-refractivity contribution in [2.45, 2.75) is 39.8 Å². The monoisotopic (exact) mass is 193 g/mol. The van der Waals surface area contributed by atoms with Crippen molar-refractivity contribution in [1.82, 2.24) is 0 Å². The molecule has 0 bridgehead atoms. The maximum absolute atomic E-state index is 5.81. The summed E-state index contributed by atoms with van der Waals surface area (Å²) in [6.07, 6.45) is 0.0507. The molecule has 0 radical (unpaired) electrons. The molecule has 0 aliphatic rings. The molecule has 1 aromatic carbocycles. The highest BCUT2D eigenvalue weighted by atomic mass is 16.5. The van der Waals surface area contributed by atoms with E-state index in [1.54, 1.807) is 0 Å². The molecule has 0 heterocycles. The van der Waals surface area contributed by atoms with Gasteiger partial charge in [0.2, 0.25) is 0 Å². The minimum atomic E-state index is 0.0500. The highest BCUT2D eigenvalue weighted by Crippen LogP contribution is 2.23. The summed E-state index contributed by atoms with van der Waals surface area (Å²) in [7, 11) is 0. The molecule has 2 unspecified atom stereocenters. The van der Waals surface area contributed by atoms with Crippen LogP contribution in [-0.4, -0.2) is 12.1 Å². The smallest absolute Gasteiger partial charge is 0.125 e. The first-order valence-electron chi connectivity index (χ1n) is 5.01. The maximum atomic E-state index is 5.81. The van der Waals surface area contributed by atoms with Gasteiger partial charge in [-0.3, -0.25) is 0 Å². The van der Waals surface area contributed by atoms with Crippen LogP contribution in [0.1, 0.15) is 25.0 Å². The van der Waals surface area contributed by atoms with E-state index in [9.17, 15) is 0 Å². The van der Waals surface area contributed by atoms with Crippen LogP contribution in [0.2, 0.25) is 0 Å². The highest BCUT2D eigenvalue weighted by Gasteiger charge is 2.11. The molecular weight excluding hydrogens is 174 g/mol. The Morgan fingerprint density at radius 2 is 1.64 bits per heavy atom. The summed E-state index contributed by atoms with van der Waals surface area (Å²) >= 11 is 0. The number of benzene rings is 1. The second-order valence-electron chi connectivity index (χ2n) is 3.90. The second kappa shape index (κ2) is 4.47. The van der Waals surface area contributed by atoms with E-state index < -0.39 is 0 Å². The van der Waals surface area contributed by atoms with Gasteiger partial charge in [-0.05, 0) is 38.8 Å². The van der Waals surface area contributed by atoms with Gasteiger partial charge in [-0.15, -0.1) is 0 Å². The molecule has 0 saturated heterocycles. The first-order valence-corrected chi connectivity index (χ1v) is 5.01. The molecule has 0 amide bonds. The van der Waals surface area contributed by atoms with Crippen LogP contribution in [0.4, 0.5) is 0 Å². The van der Waals surface area contributed by atoms with E-state index in [4.69, 9.17) is 10.5 Å². The Morgan fingerprint density at radius 1 is 1.14 bits per heavy atom. The lowest BCUT2D eigenvalue weighted by molar-refractivity contribution is 0.194. The van der Waals surface area contributed by atoms with Crippen LogP contribution in [0.5, 0.6) is 5.75 Å². The Kier molecular flexibility index (Phi) is 3.53. The summed E-state index contributed by atoms with van der Waals surface area (Å²) in [6.45, 7) is 8.06. The lowest BCUT2D eigenvalue weighted by atomic mass is 10.1. The summed E-state index contributed by atoms with van der Waals surface area (Å²) < 4.78 is 5.81. The predicted molar refractivity (Wildman–Crippen MR) is 59.7 cm³/mol. The van der Waals surface area contributed by atoms with E-state index in [1.165, 1.54) is 0 Å². The average molecular weight is 193 g/mol. The lowest BCUT2D eigenvalue weighted by Crippen LogP contribution is -2.33. The van der Waals surface area contributed by atoms with Crippen molar-refractivity contribution in [3.8, 4) is 5.75 Å². The Bertz CT molecular complexity index is 287. The van der Waals surface area contributed by atoms with Crippen LogP contribution < -0.4 is 10.5 Å². The van der Waals surface area contributed by atoms with E-state index in [1.807, 2.05) is 19.9 Å².